The van der Waals surface area contributed by atoms with Gasteiger partial charge in [-0.05, 0) is 12.3 Å². The fourth-order valence-corrected chi connectivity index (χ4v) is 1.92. The first-order valence-electron chi connectivity index (χ1n) is 7.88. The van der Waals surface area contributed by atoms with Crippen LogP contribution in [0.4, 0.5) is 0 Å². The van der Waals surface area contributed by atoms with Gasteiger partial charge in [0.05, 0.1) is 12.7 Å². The second-order valence-corrected chi connectivity index (χ2v) is 6.85. The lowest BCUT2D eigenvalue weighted by Gasteiger charge is -2.29. The SMILES string of the molecule is CC(=O)NC(C(=O)NCC1CO1)C(C)(C)C.Cc1ccccc1. The average molecular weight is 320 g/mol. The zero-order valence-electron chi connectivity index (χ0n) is 14.7. The molecule has 1 aliphatic rings. The summed E-state index contributed by atoms with van der Waals surface area (Å²) in [6.45, 7) is 10.5. The lowest BCUT2D eigenvalue weighted by atomic mass is 9.86. The van der Waals surface area contributed by atoms with E-state index in [1.54, 1.807) is 0 Å². The van der Waals surface area contributed by atoms with Crippen LogP contribution in [0.5, 0.6) is 0 Å². The Balaban J connectivity index is 0.000000313. The molecule has 5 heteroatoms. The first-order chi connectivity index (χ1) is 10.7. The van der Waals surface area contributed by atoms with Gasteiger partial charge in [0.2, 0.25) is 11.8 Å². The molecule has 0 aliphatic carbocycles. The Bertz CT molecular complexity index is 505. The van der Waals surface area contributed by atoms with Gasteiger partial charge < -0.3 is 15.4 Å². The van der Waals surface area contributed by atoms with E-state index in [9.17, 15) is 9.59 Å². The van der Waals surface area contributed by atoms with Crippen LogP contribution in [0, 0.1) is 12.3 Å². The third-order valence-corrected chi connectivity index (χ3v) is 3.32. The molecular formula is C18H28N2O3. The molecule has 1 saturated heterocycles. The number of aryl methyl sites for hydroxylation is 1. The molecule has 5 nitrogen and oxygen atoms in total. The van der Waals surface area contributed by atoms with Gasteiger partial charge in [0.25, 0.3) is 0 Å². The summed E-state index contributed by atoms with van der Waals surface area (Å²) in [4.78, 5) is 22.9. The molecule has 0 spiro atoms. The van der Waals surface area contributed by atoms with Gasteiger partial charge in [-0.15, -0.1) is 0 Å². The molecule has 23 heavy (non-hydrogen) atoms. The minimum Gasteiger partial charge on any atom is -0.371 e. The standard InChI is InChI=1S/C11H20N2O3.C7H8/c1-7(14)13-9(11(2,3)4)10(15)12-5-8-6-16-8;1-7-5-3-2-4-6-7/h8-9H,5-6H2,1-4H3,(H,12,15)(H,13,14);2-6H,1H3. The number of hydrogen-bond acceptors (Lipinski definition) is 3. The molecule has 2 unspecified atom stereocenters. The molecule has 0 radical (unpaired) electrons. The van der Waals surface area contributed by atoms with Crippen LogP contribution in [0.2, 0.25) is 0 Å². The Hall–Kier alpha value is -1.88. The largest absolute Gasteiger partial charge is 0.371 e. The van der Waals surface area contributed by atoms with Gasteiger partial charge in [0.1, 0.15) is 6.04 Å². The maximum absolute atomic E-state index is 11.9. The minimum absolute atomic E-state index is 0.154. The van der Waals surface area contributed by atoms with Crippen LogP contribution in [0.25, 0.3) is 0 Å². The van der Waals surface area contributed by atoms with Crippen molar-refractivity contribution in [3.63, 3.8) is 0 Å². The van der Waals surface area contributed by atoms with Crippen molar-refractivity contribution < 1.29 is 14.3 Å². The van der Waals surface area contributed by atoms with Crippen molar-refractivity contribution >= 4 is 11.8 Å². The second kappa shape index (κ2) is 8.67. The highest BCUT2D eigenvalue weighted by Crippen LogP contribution is 2.19. The summed E-state index contributed by atoms with van der Waals surface area (Å²) in [5.41, 5.74) is 1.02. The molecule has 0 bridgehead atoms. The Morgan fingerprint density at radius 3 is 2.17 bits per heavy atom. The summed E-state index contributed by atoms with van der Waals surface area (Å²) < 4.78 is 5.00. The quantitative estimate of drug-likeness (QED) is 0.834. The van der Waals surface area contributed by atoms with Crippen molar-refractivity contribution in [3.8, 4) is 0 Å². The first-order valence-corrected chi connectivity index (χ1v) is 7.88. The Labute approximate surface area is 138 Å². The van der Waals surface area contributed by atoms with Gasteiger partial charge in [0.15, 0.2) is 0 Å². The van der Waals surface area contributed by atoms with Crippen molar-refractivity contribution in [2.45, 2.75) is 46.8 Å². The van der Waals surface area contributed by atoms with Crippen LogP contribution in [0.1, 0.15) is 33.3 Å². The number of ether oxygens (including phenoxy) is 1. The van der Waals surface area contributed by atoms with E-state index < -0.39 is 6.04 Å². The van der Waals surface area contributed by atoms with Crippen LogP contribution in [0.15, 0.2) is 30.3 Å². The van der Waals surface area contributed by atoms with E-state index in [1.165, 1.54) is 12.5 Å². The number of carbonyl (C=O) groups excluding carboxylic acids is 2. The second-order valence-electron chi connectivity index (χ2n) is 6.85. The predicted molar refractivity (Wildman–Crippen MR) is 91.0 cm³/mol. The molecule has 2 amide bonds. The van der Waals surface area contributed by atoms with E-state index in [0.29, 0.717) is 13.2 Å². The average Bonchev–Trinajstić information content (AvgIpc) is 3.26. The number of carbonyl (C=O) groups is 2. The number of rotatable bonds is 4. The summed E-state index contributed by atoms with van der Waals surface area (Å²) in [6.07, 6.45) is 0.155. The number of benzene rings is 1. The summed E-state index contributed by atoms with van der Waals surface area (Å²) >= 11 is 0. The molecule has 0 saturated carbocycles. The van der Waals surface area contributed by atoms with Crippen molar-refractivity contribution in [2.24, 2.45) is 5.41 Å². The van der Waals surface area contributed by atoms with Crippen molar-refractivity contribution in [1.29, 1.82) is 0 Å². The molecular weight excluding hydrogens is 292 g/mol. The maximum atomic E-state index is 11.9. The summed E-state index contributed by atoms with van der Waals surface area (Å²) in [5, 5.41) is 5.45. The molecule has 1 fully saturated rings. The summed E-state index contributed by atoms with van der Waals surface area (Å²) in [5.74, 6) is -0.351. The van der Waals surface area contributed by atoms with E-state index in [1.807, 2.05) is 39.0 Å². The van der Waals surface area contributed by atoms with Crippen molar-refractivity contribution in [2.75, 3.05) is 13.2 Å². The van der Waals surface area contributed by atoms with Gasteiger partial charge >= 0.3 is 0 Å². The van der Waals surface area contributed by atoms with Crippen LogP contribution in [0.3, 0.4) is 0 Å². The summed E-state index contributed by atoms with van der Waals surface area (Å²) in [6, 6.07) is 9.75. The number of epoxide rings is 1. The third kappa shape index (κ3) is 8.35. The molecule has 2 N–H and O–H groups in total. The highest BCUT2D eigenvalue weighted by atomic mass is 16.6. The van der Waals surface area contributed by atoms with Crippen LogP contribution < -0.4 is 10.6 Å². The molecule has 1 aliphatic heterocycles. The van der Waals surface area contributed by atoms with Crippen molar-refractivity contribution in [3.05, 3.63) is 35.9 Å². The molecule has 128 valence electrons. The van der Waals surface area contributed by atoms with Crippen LogP contribution in [-0.2, 0) is 14.3 Å². The van der Waals surface area contributed by atoms with Gasteiger partial charge in [0, 0.05) is 13.5 Å². The van der Waals surface area contributed by atoms with Crippen molar-refractivity contribution in [1.82, 2.24) is 10.6 Å². The zero-order chi connectivity index (χ0) is 17.5. The molecule has 2 atom stereocenters. The van der Waals surface area contributed by atoms with Gasteiger partial charge in [-0.1, -0.05) is 56.7 Å². The number of amides is 2. The molecule has 1 aromatic rings. The minimum atomic E-state index is -0.510. The Kier molecular flexibility index (Phi) is 7.23. The number of hydrogen-bond donors (Lipinski definition) is 2. The normalized spacial score (nSPS) is 17.3. The van der Waals surface area contributed by atoms with E-state index in [-0.39, 0.29) is 23.3 Å². The first kappa shape index (κ1) is 19.2. The number of nitrogens with one attached hydrogen (secondary N) is 2. The van der Waals surface area contributed by atoms with Crippen LogP contribution >= 0.6 is 0 Å². The maximum Gasteiger partial charge on any atom is 0.243 e. The Morgan fingerprint density at radius 1 is 1.26 bits per heavy atom. The smallest absolute Gasteiger partial charge is 0.243 e. The van der Waals surface area contributed by atoms with Crippen LogP contribution in [-0.4, -0.2) is 37.1 Å². The van der Waals surface area contributed by atoms with E-state index in [2.05, 4.69) is 29.7 Å². The topological polar surface area (TPSA) is 70.7 Å². The molecule has 0 aromatic heterocycles. The molecule has 1 heterocycles. The lowest BCUT2D eigenvalue weighted by molar-refractivity contribution is -0.130. The highest BCUT2D eigenvalue weighted by Gasteiger charge is 2.33. The lowest BCUT2D eigenvalue weighted by Crippen LogP contribution is -2.53. The van der Waals surface area contributed by atoms with Gasteiger partial charge in [-0.25, -0.2) is 0 Å². The predicted octanol–water partition coefficient (Wildman–Crippen LogP) is 2.05. The van der Waals surface area contributed by atoms with E-state index >= 15 is 0 Å². The zero-order valence-corrected chi connectivity index (χ0v) is 14.7. The Morgan fingerprint density at radius 2 is 1.83 bits per heavy atom. The fourth-order valence-electron chi connectivity index (χ4n) is 1.92. The summed E-state index contributed by atoms with van der Waals surface area (Å²) in [7, 11) is 0. The van der Waals surface area contributed by atoms with E-state index in [0.717, 1.165) is 0 Å². The fraction of sp³-hybridized carbons (Fsp3) is 0.556. The molecule has 1 aromatic carbocycles. The molecule has 2 rings (SSSR count). The third-order valence-electron chi connectivity index (χ3n) is 3.32. The van der Waals surface area contributed by atoms with E-state index in [4.69, 9.17) is 4.74 Å². The van der Waals surface area contributed by atoms with Gasteiger partial charge in [-0.2, -0.15) is 0 Å². The monoisotopic (exact) mass is 320 g/mol. The highest BCUT2D eigenvalue weighted by molar-refractivity contribution is 5.87. The van der Waals surface area contributed by atoms with Gasteiger partial charge in [-0.3, -0.25) is 9.59 Å².